The Balaban J connectivity index is 1.47. The number of H-pyrrole nitrogens is 1. The third-order valence-electron chi connectivity index (χ3n) is 5.19. The van der Waals surface area contributed by atoms with Crippen LogP contribution < -0.4 is 4.74 Å². The van der Waals surface area contributed by atoms with Gasteiger partial charge in [-0.15, -0.1) is 11.3 Å². The van der Waals surface area contributed by atoms with E-state index < -0.39 is 0 Å². The van der Waals surface area contributed by atoms with Crippen LogP contribution in [0.25, 0.3) is 10.6 Å². The van der Waals surface area contributed by atoms with Crippen LogP contribution >= 0.6 is 11.3 Å². The Morgan fingerprint density at radius 1 is 1.34 bits per heavy atom. The van der Waals surface area contributed by atoms with Gasteiger partial charge < -0.3 is 9.64 Å². The SMILES string of the molecule is CN(C)C(=O)CCc1ccc2c(c1)CN(Cc1cn[nH]c1-c1cccs1)CCO2. The molecular formula is C22H26N4O2S. The molecule has 0 spiro atoms. The van der Waals surface area contributed by atoms with Gasteiger partial charge in [-0.05, 0) is 29.5 Å². The highest BCUT2D eigenvalue weighted by molar-refractivity contribution is 7.13. The van der Waals surface area contributed by atoms with Gasteiger partial charge in [-0.2, -0.15) is 5.10 Å². The number of thiophene rings is 1. The average molecular weight is 411 g/mol. The smallest absolute Gasteiger partial charge is 0.222 e. The van der Waals surface area contributed by atoms with E-state index in [9.17, 15) is 4.79 Å². The third kappa shape index (κ3) is 4.68. The summed E-state index contributed by atoms with van der Waals surface area (Å²) in [4.78, 5) is 17.1. The van der Waals surface area contributed by atoms with Crippen molar-refractivity contribution in [2.75, 3.05) is 27.2 Å². The highest BCUT2D eigenvalue weighted by Gasteiger charge is 2.19. The highest BCUT2D eigenvalue weighted by Crippen LogP contribution is 2.29. The van der Waals surface area contributed by atoms with Gasteiger partial charge in [0, 0.05) is 51.3 Å². The van der Waals surface area contributed by atoms with E-state index in [0.29, 0.717) is 13.0 Å². The molecule has 152 valence electrons. The zero-order chi connectivity index (χ0) is 20.2. The van der Waals surface area contributed by atoms with Crippen LogP contribution in [0, 0.1) is 0 Å². The zero-order valence-electron chi connectivity index (χ0n) is 16.9. The van der Waals surface area contributed by atoms with E-state index in [4.69, 9.17) is 4.74 Å². The first kappa shape index (κ1) is 19.7. The van der Waals surface area contributed by atoms with Crippen LogP contribution in [0.2, 0.25) is 0 Å². The number of aryl methyl sites for hydroxylation is 1. The molecule has 1 N–H and O–H groups in total. The van der Waals surface area contributed by atoms with Crippen molar-refractivity contribution in [3.63, 3.8) is 0 Å². The Morgan fingerprint density at radius 2 is 2.24 bits per heavy atom. The number of aromatic nitrogens is 2. The molecule has 0 saturated carbocycles. The number of hydrogen-bond donors (Lipinski definition) is 1. The van der Waals surface area contributed by atoms with Gasteiger partial charge in [-0.25, -0.2) is 0 Å². The summed E-state index contributed by atoms with van der Waals surface area (Å²) in [5.74, 6) is 1.10. The summed E-state index contributed by atoms with van der Waals surface area (Å²) in [5, 5.41) is 9.49. The van der Waals surface area contributed by atoms with Crippen LogP contribution in [0.4, 0.5) is 0 Å². The lowest BCUT2D eigenvalue weighted by molar-refractivity contribution is -0.128. The van der Waals surface area contributed by atoms with Gasteiger partial charge in [0.15, 0.2) is 0 Å². The quantitative estimate of drug-likeness (QED) is 0.675. The molecule has 6 nitrogen and oxygen atoms in total. The first-order valence-corrected chi connectivity index (χ1v) is 10.7. The molecule has 0 radical (unpaired) electrons. The molecule has 0 saturated heterocycles. The first-order valence-electron chi connectivity index (χ1n) is 9.83. The van der Waals surface area contributed by atoms with Gasteiger partial charge in [-0.1, -0.05) is 18.2 Å². The van der Waals surface area contributed by atoms with Crippen molar-refractivity contribution in [2.24, 2.45) is 0 Å². The van der Waals surface area contributed by atoms with Gasteiger partial charge in [0.2, 0.25) is 5.91 Å². The number of carbonyl (C=O) groups excluding carboxylic acids is 1. The lowest BCUT2D eigenvalue weighted by Gasteiger charge is -2.19. The second-order valence-corrected chi connectivity index (χ2v) is 8.48. The molecule has 1 aromatic carbocycles. The summed E-state index contributed by atoms with van der Waals surface area (Å²) in [6.07, 6.45) is 3.19. The van der Waals surface area contributed by atoms with Crippen molar-refractivity contribution in [3.8, 4) is 16.3 Å². The van der Waals surface area contributed by atoms with Crippen molar-refractivity contribution < 1.29 is 9.53 Å². The molecule has 3 aromatic rings. The maximum absolute atomic E-state index is 11.9. The number of aromatic amines is 1. The van der Waals surface area contributed by atoms with Crippen LogP contribution in [0.15, 0.2) is 41.9 Å². The first-order chi connectivity index (χ1) is 14.1. The number of carbonyl (C=O) groups is 1. The van der Waals surface area contributed by atoms with Crippen molar-refractivity contribution >= 4 is 17.2 Å². The molecule has 4 rings (SSSR count). The summed E-state index contributed by atoms with van der Waals surface area (Å²) in [7, 11) is 3.59. The van der Waals surface area contributed by atoms with Crippen LogP contribution in [-0.4, -0.2) is 53.2 Å². The Labute approximate surface area is 175 Å². The molecule has 29 heavy (non-hydrogen) atoms. The predicted octanol–water partition coefficient (Wildman–Crippen LogP) is 3.55. The third-order valence-corrected chi connectivity index (χ3v) is 6.08. The van der Waals surface area contributed by atoms with Crippen LogP contribution in [0.3, 0.4) is 0 Å². The summed E-state index contributed by atoms with van der Waals surface area (Å²) in [6.45, 7) is 3.16. The van der Waals surface area contributed by atoms with E-state index in [0.717, 1.165) is 37.5 Å². The summed E-state index contributed by atoms with van der Waals surface area (Å²) < 4.78 is 5.98. The Bertz CT molecular complexity index is 965. The molecule has 1 aliphatic rings. The van der Waals surface area contributed by atoms with Crippen molar-refractivity contribution in [3.05, 3.63) is 58.6 Å². The number of amides is 1. The van der Waals surface area contributed by atoms with Crippen LogP contribution in [0.1, 0.15) is 23.1 Å². The van der Waals surface area contributed by atoms with E-state index in [-0.39, 0.29) is 5.91 Å². The Morgan fingerprint density at radius 3 is 3.03 bits per heavy atom. The summed E-state index contributed by atoms with van der Waals surface area (Å²) >= 11 is 1.72. The number of hydrogen-bond acceptors (Lipinski definition) is 5. The maximum Gasteiger partial charge on any atom is 0.222 e. The minimum absolute atomic E-state index is 0.152. The average Bonchev–Trinajstić information content (AvgIpc) is 3.34. The number of nitrogens with one attached hydrogen (secondary N) is 1. The van der Waals surface area contributed by atoms with Gasteiger partial charge in [-0.3, -0.25) is 14.8 Å². The molecular weight excluding hydrogens is 384 g/mol. The molecule has 2 aromatic heterocycles. The monoisotopic (exact) mass is 410 g/mol. The van der Waals surface area contributed by atoms with Crippen molar-refractivity contribution in [1.82, 2.24) is 20.0 Å². The van der Waals surface area contributed by atoms with Crippen LogP contribution in [-0.2, 0) is 24.3 Å². The molecule has 0 fully saturated rings. The van der Waals surface area contributed by atoms with E-state index in [2.05, 4.69) is 44.7 Å². The number of rotatable bonds is 6. The number of ether oxygens (including phenoxy) is 1. The van der Waals surface area contributed by atoms with Crippen LogP contribution in [0.5, 0.6) is 5.75 Å². The summed E-state index contributed by atoms with van der Waals surface area (Å²) in [6, 6.07) is 10.5. The minimum Gasteiger partial charge on any atom is -0.492 e. The van der Waals surface area contributed by atoms with E-state index >= 15 is 0 Å². The largest absolute Gasteiger partial charge is 0.492 e. The van der Waals surface area contributed by atoms with Gasteiger partial charge >= 0.3 is 0 Å². The van der Waals surface area contributed by atoms with Crippen molar-refractivity contribution in [1.29, 1.82) is 0 Å². The maximum atomic E-state index is 11.9. The Hall–Kier alpha value is -2.64. The fraction of sp³-hybridized carbons (Fsp3) is 0.364. The lowest BCUT2D eigenvalue weighted by atomic mass is 10.0. The fourth-order valence-electron chi connectivity index (χ4n) is 3.57. The minimum atomic E-state index is 0.152. The second kappa shape index (κ2) is 8.80. The molecule has 0 unspecified atom stereocenters. The molecule has 1 amide bonds. The van der Waals surface area contributed by atoms with Crippen molar-refractivity contribution in [2.45, 2.75) is 25.9 Å². The molecule has 3 heterocycles. The standard InChI is InChI=1S/C22H26N4O2S/c1-25(2)21(27)8-6-16-5-7-19-17(12-16)14-26(9-10-28-19)15-18-13-23-24-22(18)20-4-3-11-29-20/h3-5,7,11-13H,6,8-10,14-15H2,1-2H3,(H,23,24). The highest BCUT2D eigenvalue weighted by atomic mass is 32.1. The molecule has 0 bridgehead atoms. The molecule has 1 aliphatic heterocycles. The number of nitrogens with zero attached hydrogens (tertiary/aromatic N) is 3. The normalized spacial score (nSPS) is 14.1. The van der Waals surface area contributed by atoms with Gasteiger partial charge in [0.25, 0.3) is 0 Å². The number of fused-ring (bicyclic) bond motifs is 1. The van der Waals surface area contributed by atoms with E-state index in [1.165, 1.54) is 21.6 Å². The molecule has 0 aliphatic carbocycles. The second-order valence-electron chi connectivity index (χ2n) is 7.54. The Kier molecular flexibility index (Phi) is 5.97. The van der Waals surface area contributed by atoms with E-state index in [1.54, 1.807) is 30.3 Å². The predicted molar refractivity (Wildman–Crippen MR) is 115 cm³/mol. The fourth-order valence-corrected chi connectivity index (χ4v) is 4.33. The molecule has 0 atom stereocenters. The zero-order valence-corrected chi connectivity index (χ0v) is 17.7. The number of benzene rings is 1. The van der Waals surface area contributed by atoms with E-state index in [1.807, 2.05) is 12.3 Å². The van der Waals surface area contributed by atoms with Gasteiger partial charge in [0.1, 0.15) is 12.4 Å². The summed E-state index contributed by atoms with van der Waals surface area (Å²) in [5.41, 5.74) is 4.65. The topological polar surface area (TPSA) is 61.5 Å². The lowest BCUT2D eigenvalue weighted by Crippen LogP contribution is -2.25. The van der Waals surface area contributed by atoms with Gasteiger partial charge in [0.05, 0.1) is 16.8 Å². The molecule has 7 heteroatoms.